The van der Waals surface area contributed by atoms with Crippen LogP contribution < -0.4 is 34.3 Å². The molecule has 10 nitrogen and oxygen atoms in total. The summed E-state index contributed by atoms with van der Waals surface area (Å²) in [6.45, 7) is 15.3. The third-order valence-corrected chi connectivity index (χ3v) is 5.50. The summed E-state index contributed by atoms with van der Waals surface area (Å²) >= 11 is 0. The van der Waals surface area contributed by atoms with Gasteiger partial charge in [-0.25, -0.2) is 8.42 Å². The molecule has 12 heteroatoms. The third-order valence-electron chi connectivity index (χ3n) is 5.05. The van der Waals surface area contributed by atoms with Crippen LogP contribution in [0.25, 0.3) is 0 Å². The van der Waals surface area contributed by atoms with E-state index in [2.05, 4.69) is 50.9 Å². The molecule has 0 aliphatic rings. The second kappa shape index (κ2) is 20.5. The Balaban J connectivity index is 0.0000137. The first kappa shape index (κ1) is 37.7. The Morgan fingerprint density at radius 2 is 1.00 bits per heavy atom. The minimum absolute atomic E-state index is 0. The van der Waals surface area contributed by atoms with Gasteiger partial charge >= 0.3 is 29.6 Å². The van der Waals surface area contributed by atoms with Gasteiger partial charge in [0.05, 0.1) is 72.7 Å². The van der Waals surface area contributed by atoms with Crippen molar-refractivity contribution in [3.8, 4) is 5.75 Å². The zero-order valence-corrected chi connectivity index (χ0v) is 26.8. The van der Waals surface area contributed by atoms with Gasteiger partial charge in [-0.05, 0) is 34.9 Å². The van der Waals surface area contributed by atoms with Gasteiger partial charge in [-0.3, -0.25) is 4.18 Å². The molecule has 0 fully saturated rings. The fourth-order valence-corrected chi connectivity index (χ4v) is 4.10. The molecule has 0 N–H and O–H groups in total. The molecule has 1 rings (SSSR count). The van der Waals surface area contributed by atoms with E-state index >= 15 is 0 Å². The van der Waals surface area contributed by atoms with Crippen LogP contribution in [0.5, 0.6) is 5.75 Å². The number of rotatable bonds is 22. The fourth-order valence-electron chi connectivity index (χ4n) is 3.83. The molecule has 0 bridgehead atoms. The molecule has 0 aliphatic heterocycles. The van der Waals surface area contributed by atoms with Crippen molar-refractivity contribution >= 4 is 10.4 Å². The van der Waals surface area contributed by atoms with Crippen molar-refractivity contribution < 1.29 is 75.1 Å². The fraction of sp³-hybridized carbons (Fsp3) is 0.769. The molecule has 1 aromatic rings. The Kier molecular flexibility index (Phi) is 20.4. The first-order valence-electron chi connectivity index (χ1n) is 12.6. The Labute approximate surface area is 251 Å². The summed E-state index contributed by atoms with van der Waals surface area (Å²) in [4.78, 5) is 0. The normalized spacial score (nSPS) is 12.4. The summed E-state index contributed by atoms with van der Waals surface area (Å²) in [5, 5.41) is 0. The quantitative estimate of drug-likeness (QED) is 0.0832. The molecule has 216 valence electrons. The van der Waals surface area contributed by atoms with Crippen LogP contribution in [-0.2, 0) is 43.7 Å². The van der Waals surface area contributed by atoms with Gasteiger partial charge in [0.15, 0.2) is 0 Å². The smallest absolute Gasteiger partial charge is 0.726 e. The molecule has 38 heavy (non-hydrogen) atoms. The van der Waals surface area contributed by atoms with Crippen LogP contribution in [0.1, 0.15) is 46.6 Å². The first-order valence-corrected chi connectivity index (χ1v) is 13.9. The zero-order chi connectivity index (χ0) is 27.6. The van der Waals surface area contributed by atoms with Crippen LogP contribution in [-0.4, -0.2) is 92.3 Å². The molecule has 0 saturated heterocycles. The van der Waals surface area contributed by atoms with Gasteiger partial charge in [0, 0.05) is 0 Å². The molecular weight excluding hydrogens is 527 g/mol. The predicted octanol–water partition coefficient (Wildman–Crippen LogP) is 0.343. The second-order valence-corrected chi connectivity index (χ2v) is 11.3. The van der Waals surface area contributed by atoms with Crippen molar-refractivity contribution in [2.24, 2.45) is 5.41 Å². The first-order chi connectivity index (χ1) is 17.4. The second-order valence-electron chi connectivity index (χ2n) is 10.3. The van der Waals surface area contributed by atoms with Crippen molar-refractivity contribution in [2.45, 2.75) is 46.5 Å². The van der Waals surface area contributed by atoms with Gasteiger partial charge in [0.25, 0.3) is 0 Å². The van der Waals surface area contributed by atoms with Crippen molar-refractivity contribution in [1.82, 2.24) is 0 Å². The van der Waals surface area contributed by atoms with Crippen LogP contribution >= 0.6 is 0 Å². The van der Waals surface area contributed by atoms with E-state index in [1.165, 1.54) is 5.56 Å². The summed E-state index contributed by atoms with van der Waals surface area (Å²) in [5.74, 6) is 0.840. The summed E-state index contributed by atoms with van der Waals surface area (Å²) in [7, 11) is -4.66. The largest absolute Gasteiger partial charge is 1.00 e. The van der Waals surface area contributed by atoms with Gasteiger partial charge in [-0.1, -0.05) is 46.8 Å². The van der Waals surface area contributed by atoms with Gasteiger partial charge in [-0.2, -0.15) is 0 Å². The number of hydrogen-bond donors (Lipinski definition) is 0. The molecule has 0 spiro atoms. The Hall–Kier alpha value is -0.310. The van der Waals surface area contributed by atoms with Gasteiger partial charge in [0.1, 0.15) is 12.4 Å². The van der Waals surface area contributed by atoms with Crippen LogP contribution in [0.15, 0.2) is 24.3 Å². The van der Waals surface area contributed by atoms with Crippen LogP contribution in [0.3, 0.4) is 0 Å². The maximum atomic E-state index is 10.2. The molecule has 0 aliphatic carbocycles. The van der Waals surface area contributed by atoms with E-state index in [4.69, 9.17) is 28.4 Å². The number of benzene rings is 1. The Morgan fingerprint density at radius 1 is 0.632 bits per heavy atom. The molecule has 1 aromatic carbocycles. The summed E-state index contributed by atoms with van der Waals surface area (Å²) in [5.41, 5.74) is 1.70. The standard InChI is InChI=1S/C26H46O10S.Na/c1-25(2,3)22-26(4,5)23-6-8-24(9-7-23)35-20-18-33-16-14-31-12-10-30-11-13-32-15-17-34-19-21-36-37(27,28)29;/h6-9H,10-22H2,1-5H3,(H,27,28,29);/q;+1/p-1. The van der Waals surface area contributed by atoms with Crippen molar-refractivity contribution in [3.63, 3.8) is 0 Å². The minimum Gasteiger partial charge on any atom is -0.726 e. The SMILES string of the molecule is CC(C)(C)CC(C)(C)c1ccc(OCCOCCOCCOCCOCCOCCOS(=O)(=O)[O-])cc1.[Na+]. The molecular formula is C26H45NaO10S. The molecule has 0 aromatic heterocycles. The van der Waals surface area contributed by atoms with Crippen molar-refractivity contribution in [3.05, 3.63) is 29.8 Å². The predicted molar refractivity (Wildman–Crippen MR) is 139 cm³/mol. The van der Waals surface area contributed by atoms with Gasteiger partial charge in [0.2, 0.25) is 10.4 Å². The van der Waals surface area contributed by atoms with Crippen LogP contribution in [0.4, 0.5) is 0 Å². The molecule has 0 atom stereocenters. The third kappa shape index (κ3) is 21.5. The van der Waals surface area contributed by atoms with E-state index in [1.54, 1.807) is 0 Å². The maximum Gasteiger partial charge on any atom is 1.00 e. The van der Waals surface area contributed by atoms with Crippen molar-refractivity contribution in [2.75, 3.05) is 79.3 Å². The summed E-state index contributed by atoms with van der Waals surface area (Å²) in [6, 6.07) is 8.33. The van der Waals surface area contributed by atoms with Crippen LogP contribution in [0, 0.1) is 5.41 Å². The van der Waals surface area contributed by atoms with E-state index in [1.807, 2.05) is 12.1 Å². The zero-order valence-electron chi connectivity index (χ0n) is 24.0. The van der Waals surface area contributed by atoms with E-state index in [9.17, 15) is 13.0 Å². The van der Waals surface area contributed by atoms with E-state index in [0.717, 1.165) is 12.2 Å². The average Bonchev–Trinajstić information content (AvgIpc) is 2.78. The van der Waals surface area contributed by atoms with E-state index in [0.29, 0.717) is 59.5 Å². The monoisotopic (exact) mass is 572 g/mol. The van der Waals surface area contributed by atoms with Crippen molar-refractivity contribution in [1.29, 1.82) is 0 Å². The molecule has 0 radical (unpaired) electrons. The number of hydrogen-bond acceptors (Lipinski definition) is 10. The Morgan fingerprint density at radius 3 is 1.37 bits per heavy atom. The molecule has 0 unspecified atom stereocenters. The molecule has 0 heterocycles. The summed E-state index contributed by atoms with van der Waals surface area (Å²) in [6.07, 6.45) is 1.11. The van der Waals surface area contributed by atoms with Gasteiger partial charge < -0.3 is 33.0 Å². The Bertz CT molecular complexity index is 810. The van der Waals surface area contributed by atoms with E-state index < -0.39 is 10.4 Å². The topological polar surface area (TPSA) is 122 Å². The van der Waals surface area contributed by atoms with Crippen LogP contribution in [0.2, 0.25) is 0 Å². The van der Waals surface area contributed by atoms with Gasteiger partial charge in [-0.15, -0.1) is 0 Å². The maximum absolute atomic E-state index is 10.2. The molecule has 0 amide bonds. The summed E-state index contributed by atoms with van der Waals surface area (Å²) < 4.78 is 67.1. The molecule has 0 saturated carbocycles. The average molecular weight is 573 g/mol. The number of ether oxygens (including phenoxy) is 6. The van der Waals surface area contributed by atoms with E-state index in [-0.39, 0.29) is 60.2 Å². The minimum atomic E-state index is -4.66.